The molecule has 5 rings (SSSR count). The Balaban J connectivity index is 1.39. The van der Waals surface area contributed by atoms with Crippen molar-refractivity contribution in [1.29, 1.82) is 0 Å². The molecule has 0 aliphatic carbocycles. The Hall–Kier alpha value is -4.54. The molecule has 1 N–H and O–H groups in total. The molecule has 11 heteroatoms. The van der Waals surface area contributed by atoms with Crippen LogP contribution in [0.4, 0.5) is 10.5 Å². The van der Waals surface area contributed by atoms with Gasteiger partial charge in [0.1, 0.15) is 17.9 Å². The SMILES string of the molecule is CC1(c2cc3ccccc3o2)NC(=O)N(Cc2nc(-c3cccc([N+](=O)[O-])c3)no2)C1=O. The Morgan fingerprint density at radius 2 is 1.97 bits per heavy atom. The third kappa shape index (κ3) is 3.07. The standard InChI is InChI=1S/C21H15N5O6/c1-21(16-10-12-5-2-3-8-15(12)31-16)19(27)25(20(28)23-21)11-17-22-18(24-32-17)13-6-4-7-14(9-13)26(29)30/h2-10H,11H2,1H3,(H,23,28). The van der Waals surface area contributed by atoms with E-state index < -0.39 is 22.4 Å². The monoisotopic (exact) mass is 433 g/mol. The van der Waals surface area contributed by atoms with Gasteiger partial charge in [0.15, 0.2) is 5.54 Å². The number of nitro groups is 1. The third-order valence-electron chi connectivity index (χ3n) is 5.27. The van der Waals surface area contributed by atoms with E-state index in [1.54, 1.807) is 25.1 Å². The average Bonchev–Trinajstić information content (AvgIpc) is 3.48. The van der Waals surface area contributed by atoms with E-state index in [0.717, 1.165) is 10.3 Å². The lowest BCUT2D eigenvalue weighted by atomic mass is 9.99. The van der Waals surface area contributed by atoms with Gasteiger partial charge >= 0.3 is 6.03 Å². The molecular weight excluding hydrogens is 418 g/mol. The van der Waals surface area contributed by atoms with Crippen LogP contribution in [0.25, 0.3) is 22.4 Å². The van der Waals surface area contributed by atoms with Crippen molar-refractivity contribution in [1.82, 2.24) is 20.4 Å². The summed E-state index contributed by atoms with van der Waals surface area (Å²) < 4.78 is 11.0. The second kappa shape index (κ2) is 7.01. The smallest absolute Gasteiger partial charge is 0.325 e. The van der Waals surface area contributed by atoms with E-state index >= 15 is 0 Å². The maximum atomic E-state index is 13.1. The summed E-state index contributed by atoms with van der Waals surface area (Å²) in [5.74, 6) is -0.112. The summed E-state index contributed by atoms with van der Waals surface area (Å²) >= 11 is 0. The second-order valence-electron chi connectivity index (χ2n) is 7.41. The molecule has 4 aromatic rings. The molecule has 2 aromatic carbocycles. The molecule has 11 nitrogen and oxygen atoms in total. The van der Waals surface area contributed by atoms with Crippen LogP contribution in [0.5, 0.6) is 0 Å². The number of benzene rings is 2. The first-order chi connectivity index (χ1) is 15.3. The molecule has 1 aliphatic rings. The van der Waals surface area contributed by atoms with E-state index in [1.807, 2.05) is 18.2 Å². The highest BCUT2D eigenvalue weighted by Gasteiger charge is 2.51. The summed E-state index contributed by atoms with van der Waals surface area (Å²) in [6, 6.07) is 14.1. The largest absolute Gasteiger partial charge is 0.458 e. The van der Waals surface area contributed by atoms with Crippen molar-refractivity contribution in [2.24, 2.45) is 0 Å². The number of aromatic nitrogens is 2. The van der Waals surface area contributed by atoms with Crippen LogP contribution in [0.15, 0.2) is 63.5 Å². The van der Waals surface area contributed by atoms with Gasteiger partial charge in [0.05, 0.1) is 4.92 Å². The van der Waals surface area contributed by atoms with Crippen LogP contribution < -0.4 is 5.32 Å². The Labute approximate surface area is 179 Å². The normalized spacial score (nSPS) is 18.3. The first-order valence-electron chi connectivity index (χ1n) is 9.56. The quantitative estimate of drug-likeness (QED) is 0.286. The van der Waals surface area contributed by atoms with Crippen LogP contribution in [0.3, 0.4) is 0 Å². The van der Waals surface area contributed by atoms with Crippen molar-refractivity contribution < 1.29 is 23.5 Å². The number of hydrogen-bond donors (Lipinski definition) is 1. The van der Waals surface area contributed by atoms with Gasteiger partial charge < -0.3 is 14.3 Å². The van der Waals surface area contributed by atoms with Crippen molar-refractivity contribution >= 4 is 28.6 Å². The number of amides is 3. The van der Waals surface area contributed by atoms with Crippen molar-refractivity contribution in [3.63, 3.8) is 0 Å². The molecule has 3 amide bonds. The molecule has 32 heavy (non-hydrogen) atoms. The summed E-state index contributed by atoms with van der Waals surface area (Å²) in [5.41, 5.74) is -0.537. The predicted octanol–water partition coefficient (Wildman–Crippen LogP) is 3.36. The van der Waals surface area contributed by atoms with E-state index in [-0.39, 0.29) is 23.9 Å². The minimum atomic E-state index is -1.39. The lowest BCUT2D eigenvalue weighted by molar-refractivity contribution is -0.384. The minimum Gasteiger partial charge on any atom is -0.458 e. The van der Waals surface area contributed by atoms with Gasteiger partial charge in [-0.15, -0.1) is 0 Å². The van der Waals surface area contributed by atoms with Gasteiger partial charge in [-0.25, -0.2) is 4.79 Å². The number of nitrogens with zero attached hydrogens (tertiary/aromatic N) is 4. The van der Waals surface area contributed by atoms with E-state index in [1.165, 1.54) is 18.2 Å². The Bertz CT molecular complexity index is 1360. The number of fused-ring (bicyclic) bond motifs is 1. The fourth-order valence-corrected chi connectivity index (χ4v) is 3.57. The van der Waals surface area contributed by atoms with E-state index in [0.29, 0.717) is 16.9 Å². The zero-order valence-electron chi connectivity index (χ0n) is 16.6. The minimum absolute atomic E-state index is 0.00358. The summed E-state index contributed by atoms with van der Waals surface area (Å²) in [4.78, 5) is 41.3. The van der Waals surface area contributed by atoms with Crippen LogP contribution >= 0.6 is 0 Å². The average molecular weight is 433 g/mol. The zero-order valence-corrected chi connectivity index (χ0v) is 16.6. The van der Waals surface area contributed by atoms with Gasteiger partial charge in [-0.1, -0.05) is 35.5 Å². The van der Waals surface area contributed by atoms with Crippen molar-refractivity contribution in [2.45, 2.75) is 19.0 Å². The molecule has 0 radical (unpaired) electrons. The number of para-hydroxylation sites is 1. The molecule has 0 saturated carbocycles. The lowest BCUT2D eigenvalue weighted by Gasteiger charge is -2.18. The van der Waals surface area contributed by atoms with Gasteiger partial charge in [-0.3, -0.25) is 19.8 Å². The molecule has 160 valence electrons. The first-order valence-corrected chi connectivity index (χ1v) is 9.56. The van der Waals surface area contributed by atoms with Crippen LogP contribution in [0.2, 0.25) is 0 Å². The zero-order chi connectivity index (χ0) is 22.5. The molecular formula is C21H15N5O6. The molecule has 0 bridgehead atoms. The Morgan fingerprint density at radius 3 is 2.75 bits per heavy atom. The molecule has 3 heterocycles. The number of imide groups is 1. The van der Waals surface area contributed by atoms with Gasteiger partial charge in [0, 0.05) is 23.1 Å². The molecule has 1 aliphatic heterocycles. The van der Waals surface area contributed by atoms with E-state index in [9.17, 15) is 19.7 Å². The van der Waals surface area contributed by atoms with E-state index in [4.69, 9.17) is 8.94 Å². The second-order valence-corrected chi connectivity index (χ2v) is 7.41. The van der Waals surface area contributed by atoms with Gasteiger partial charge in [0.2, 0.25) is 11.7 Å². The summed E-state index contributed by atoms with van der Waals surface area (Å²) in [7, 11) is 0. The number of carbonyl (C=O) groups excluding carboxylic acids is 2. The molecule has 1 fully saturated rings. The van der Waals surface area contributed by atoms with Gasteiger partial charge in [-0.05, 0) is 19.1 Å². The highest BCUT2D eigenvalue weighted by molar-refractivity contribution is 6.07. The highest BCUT2D eigenvalue weighted by Crippen LogP contribution is 2.33. The fraction of sp³-hybridized carbons (Fsp3) is 0.143. The number of furan rings is 1. The first kappa shape index (κ1) is 19.4. The van der Waals surface area contributed by atoms with Crippen molar-refractivity contribution in [3.8, 4) is 11.4 Å². The lowest BCUT2D eigenvalue weighted by Crippen LogP contribution is -2.40. The topological polar surface area (TPSA) is 145 Å². The number of rotatable bonds is 5. The van der Waals surface area contributed by atoms with Crippen molar-refractivity contribution in [2.75, 3.05) is 0 Å². The van der Waals surface area contributed by atoms with E-state index in [2.05, 4.69) is 15.5 Å². The molecule has 2 aromatic heterocycles. The molecule has 0 spiro atoms. The molecule has 1 unspecified atom stereocenters. The van der Waals surface area contributed by atoms with Crippen LogP contribution in [-0.4, -0.2) is 31.9 Å². The summed E-state index contributed by atoms with van der Waals surface area (Å²) in [6.07, 6.45) is 0. The maximum absolute atomic E-state index is 13.1. The number of urea groups is 1. The van der Waals surface area contributed by atoms with Crippen LogP contribution in [0.1, 0.15) is 18.6 Å². The third-order valence-corrected chi connectivity index (χ3v) is 5.27. The van der Waals surface area contributed by atoms with Crippen LogP contribution in [-0.2, 0) is 16.9 Å². The number of nitro benzene ring substituents is 1. The van der Waals surface area contributed by atoms with Gasteiger partial charge in [0.25, 0.3) is 11.6 Å². The summed E-state index contributed by atoms with van der Waals surface area (Å²) in [6.45, 7) is 1.30. The number of carbonyl (C=O) groups is 2. The number of non-ortho nitro benzene ring substituents is 1. The maximum Gasteiger partial charge on any atom is 0.325 e. The van der Waals surface area contributed by atoms with Crippen LogP contribution in [0, 0.1) is 10.1 Å². The summed E-state index contributed by atoms with van der Waals surface area (Å²) in [5, 5.41) is 18.3. The Kier molecular flexibility index (Phi) is 4.26. The number of hydrogen-bond acceptors (Lipinski definition) is 8. The molecule has 1 atom stereocenters. The molecule has 1 saturated heterocycles. The highest BCUT2D eigenvalue weighted by atomic mass is 16.6. The van der Waals surface area contributed by atoms with Crippen molar-refractivity contribution in [3.05, 3.63) is 76.4 Å². The Morgan fingerprint density at radius 1 is 1.16 bits per heavy atom. The van der Waals surface area contributed by atoms with Gasteiger partial charge in [-0.2, -0.15) is 4.98 Å². The number of nitrogens with one attached hydrogen (secondary N) is 1. The fourth-order valence-electron chi connectivity index (χ4n) is 3.57. The predicted molar refractivity (Wildman–Crippen MR) is 109 cm³/mol.